The molecule has 1 aliphatic rings. The molecule has 224 valence electrons. The second-order valence-corrected chi connectivity index (χ2v) is 9.62. The van der Waals surface area contributed by atoms with E-state index in [0.717, 1.165) is 5.56 Å². The van der Waals surface area contributed by atoms with E-state index in [1.54, 1.807) is 49.6 Å². The first-order chi connectivity index (χ1) is 20.7. The van der Waals surface area contributed by atoms with E-state index in [1.807, 2.05) is 12.1 Å². The van der Waals surface area contributed by atoms with Gasteiger partial charge in [0, 0.05) is 19.4 Å². The third kappa shape index (κ3) is 6.71. The largest absolute Gasteiger partial charge is 0.497 e. The van der Waals surface area contributed by atoms with E-state index in [0.29, 0.717) is 11.3 Å². The number of rotatable bonds is 10. The quantitative estimate of drug-likeness (QED) is 0.259. The summed E-state index contributed by atoms with van der Waals surface area (Å²) in [5.41, 5.74) is 0.601. The molecule has 5 rings (SSSR count). The average molecular weight is 592 g/mol. The predicted molar refractivity (Wildman–Crippen MR) is 150 cm³/mol. The SMILES string of the molecule is COc1ccc(CO[C@@H]2[C@H](OC(C)=O)[C@@H](COC(C)=O)O[C@H]2n2cnc3c(=O)[nH]c(NC(=O)c4ccccc4)nc32)cc1. The fraction of sp³-hybridized carbons (Fsp3) is 0.310. The molecule has 0 saturated carbocycles. The maximum absolute atomic E-state index is 12.9. The summed E-state index contributed by atoms with van der Waals surface area (Å²) in [6.45, 7) is 2.35. The van der Waals surface area contributed by atoms with Gasteiger partial charge in [-0.05, 0) is 29.8 Å². The molecular formula is C29H29N5O9. The number of hydrogen-bond acceptors (Lipinski definition) is 11. The molecule has 1 amide bonds. The first-order valence-corrected chi connectivity index (χ1v) is 13.3. The summed E-state index contributed by atoms with van der Waals surface area (Å²) in [5, 5.41) is 2.59. The average Bonchev–Trinajstić information content (AvgIpc) is 3.56. The third-order valence-electron chi connectivity index (χ3n) is 6.61. The van der Waals surface area contributed by atoms with Gasteiger partial charge >= 0.3 is 11.9 Å². The van der Waals surface area contributed by atoms with Crippen molar-refractivity contribution >= 4 is 35.0 Å². The highest BCUT2D eigenvalue weighted by Gasteiger charge is 2.49. The van der Waals surface area contributed by atoms with Gasteiger partial charge in [-0.15, -0.1) is 0 Å². The highest BCUT2D eigenvalue weighted by Crippen LogP contribution is 2.36. The number of nitrogens with zero attached hydrogens (tertiary/aromatic N) is 3. The number of imidazole rings is 1. The molecular weight excluding hydrogens is 562 g/mol. The smallest absolute Gasteiger partial charge is 0.303 e. The van der Waals surface area contributed by atoms with E-state index in [4.69, 9.17) is 23.7 Å². The highest BCUT2D eigenvalue weighted by atomic mass is 16.6. The number of benzene rings is 2. The van der Waals surface area contributed by atoms with Crippen molar-refractivity contribution in [3.63, 3.8) is 0 Å². The molecule has 14 nitrogen and oxygen atoms in total. The van der Waals surface area contributed by atoms with E-state index in [-0.39, 0.29) is 30.3 Å². The number of amides is 1. The molecule has 1 saturated heterocycles. The molecule has 2 aromatic carbocycles. The lowest BCUT2D eigenvalue weighted by Gasteiger charge is -2.24. The van der Waals surface area contributed by atoms with Gasteiger partial charge in [0.2, 0.25) is 5.95 Å². The summed E-state index contributed by atoms with van der Waals surface area (Å²) in [4.78, 5) is 60.5. The molecule has 4 aromatic rings. The van der Waals surface area contributed by atoms with Gasteiger partial charge in [0.1, 0.15) is 24.6 Å². The van der Waals surface area contributed by atoms with Gasteiger partial charge in [-0.25, -0.2) is 4.98 Å². The third-order valence-corrected chi connectivity index (χ3v) is 6.61. The number of nitrogens with one attached hydrogen (secondary N) is 2. The van der Waals surface area contributed by atoms with Gasteiger partial charge in [-0.3, -0.25) is 34.0 Å². The van der Waals surface area contributed by atoms with Gasteiger partial charge in [0.05, 0.1) is 20.0 Å². The molecule has 0 spiro atoms. The molecule has 0 unspecified atom stereocenters. The first-order valence-electron chi connectivity index (χ1n) is 13.3. The minimum atomic E-state index is -1.03. The Morgan fingerprint density at radius 2 is 1.77 bits per heavy atom. The van der Waals surface area contributed by atoms with Crippen molar-refractivity contribution in [3.8, 4) is 5.75 Å². The van der Waals surface area contributed by atoms with Crippen molar-refractivity contribution < 1.29 is 38.1 Å². The fourth-order valence-electron chi connectivity index (χ4n) is 4.63. The molecule has 0 bridgehead atoms. The van der Waals surface area contributed by atoms with Crippen LogP contribution in [-0.4, -0.2) is 69.4 Å². The standard InChI is InChI=1S/C29H29N5O9/c1-16(35)40-14-21-23(42-17(2)36)24(41-13-18-9-11-20(39-3)12-10-18)28(43-21)34-15-30-22-25(34)31-29(33-27(22)38)32-26(37)19-7-5-4-6-8-19/h4-12,15,21,23-24,28H,13-14H2,1-3H3,(H2,31,32,33,37,38)/t21-,23-,24-,28-/m1/s1. The summed E-state index contributed by atoms with van der Waals surface area (Å²) in [5.74, 6) is -1.08. The number of anilines is 1. The molecule has 14 heteroatoms. The van der Waals surface area contributed by atoms with Crippen molar-refractivity contribution in [1.82, 2.24) is 19.5 Å². The summed E-state index contributed by atoms with van der Waals surface area (Å²) < 4.78 is 29.9. The molecule has 2 aromatic heterocycles. The van der Waals surface area contributed by atoms with Crippen molar-refractivity contribution in [2.45, 2.75) is 45.0 Å². The van der Waals surface area contributed by atoms with Crippen molar-refractivity contribution in [2.24, 2.45) is 0 Å². The molecule has 43 heavy (non-hydrogen) atoms. The van der Waals surface area contributed by atoms with Crippen LogP contribution in [0.5, 0.6) is 5.75 Å². The number of esters is 2. The topological polar surface area (TPSA) is 173 Å². The monoisotopic (exact) mass is 591 g/mol. The minimum Gasteiger partial charge on any atom is -0.497 e. The first kappa shape index (κ1) is 29.4. The Hall–Kier alpha value is -5.08. The van der Waals surface area contributed by atoms with E-state index < -0.39 is 47.9 Å². The number of aromatic nitrogens is 4. The highest BCUT2D eigenvalue weighted by molar-refractivity contribution is 6.03. The minimum absolute atomic E-state index is 0.0253. The van der Waals surface area contributed by atoms with Crippen LogP contribution in [0.2, 0.25) is 0 Å². The van der Waals surface area contributed by atoms with Crippen LogP contribution in [0.25, 0.3) is 11.2 Å². The number of methoxy groups -OCH3 is 1. The molecule has 1 aliphatic heterocycles. The van der Waals surface area contributed by atoms with Crippen LogP contribution in [0.1, 0.15) is 36.0 Å². The summed E-state index contributed by atoms with van der Waals surface area (Å²) in [6, 6.07) is 15.6. The molecule has 0 radical (unpaired) electrons. The molecule has 2 N–H and O–H groups in total. The zero-order chi connectivity index (χ0) is 30.5. The number of ether oxygens (including phenoxy) is 5. The Morgan fingerprint density at radius 1 is 1.02 bits per heavy atom. The van der Waals surface area contributed by atoms with E-state index in [2.05, 4.69) is 20.3 Å². The Kier molecular flexibility index (Phi) is 8.78. The predicted octanol–water partition coefficient (Wildman–Crippen LogP) is 2.36. The number of aromatic amines is 1. The zero-order valence-electron chi connectivity index (χ0n) is 23.5. The Morgan fingerprint density at radius 3 is 2.44 bits per heavy atom. The normalized spacial score (nSPS) is 19.6. The number of carbonyl (C=O) groups is 3. The van der Waals surface area contributed by atoms with Crippen molar-refractivity contribution in [2.75, 3.05) is 19.0 Å². The van der Waals surface area contributed by atoms with Crippen molar-refractivity contribution in [1.29, 1.82) is 0 Å². The number of H-pyrrole nitrogens is 1. The van der Waals surface area contributed by atoms with Crippen LogP contribution < -0.4 is 15.6 Å². The lowest BCUT2D eigenvalue weighted by atomic mass is 10.1. The molecule has 4 atom stereocenters. The molecule has 3 heterocycles. The summed E-state index contributed by atoms with van der Waals surface area (Å²) in [7, 11) is 1.56. The number of fused-ring (bicyclic) bond motifs is 1. The summed E-state index contributed by atoms with van der Waals surface area (Å²) in [6.07, 6.45) is -2.57. The van der Waals surface area contributed by atoms with E-state index in [1.165, 1.54) is 24.7 Å². The van der Waals surface area contributed by atoms with Crippen LogP contribution in [0.3, 0.4) is 0 Å². The number of hydrogen-bond donors (Lipinski definition) is 2. The lowest BCUT2D eigenvalue weighted by Crippen LogP contribution is -2.39. The maximum atomic E-state index is 12.9. The van der Waals surface area contributed by atoms with Crippen LogP contribution >= 0.6 is 0 Å². The van der Waals surface area contributed by atoms with Gasteiger partial charge in [0.15, 0.2) is 23.5 Å². The van der Waals surface area contributed by atoms with Crippen LogP contribution in [0.15, 0.2) is 65.7 Å². The Labute approximate surface area is 244 Å². The second kappa shape index (κ2) is 12.8. The van der Waals surface area contributed by atoms with Crippen LogP contribution in [-0.2, 0) is 35.1 Å². The van der Waals surface area contributed by atoms with Gasteiger partial charge in [-0.1, -0.05) is 30.3 Å². The maximum Gasteiger partial charge on any atom is 0.303 e. The van der Waals surface area contributed by atoms with E-state index in [9.17, 15) is 19.2 Å². The fourth-order valence-corrected chi connectivity index (χ4v) is 4.63. The van der Waals surface area contributed by atoms with Gasteiger partial charge in [0.25, 0.3) is 11.5 Å². The second-order valence-electron chi connectivity index (χ2n) is 9.62. The van der Waals surface area contributed by atoms with Gasteiger partial charge in [-0.2, -0.15) is 4.98 Å². The van der Waals surface area contributed by atoms with E-state index >= 15 is 0 Å². The van der Waals surface area contributed by atoms with Gasteiger partial charge < -0.3 is 23.7 Å². The molecule has 1 fully saturated rings. The lowest BCUT2D eigenvalue weighted by molar-refractivity contribution is -0.159. The Balaban J connectivity index is 1.50. The van der Waals surface area contributed by atoms with Crippen molar-refractivity contribution in [3.05, 3.63) is 82.4 Å². The molecule has 0 aliphatic carbocycles. The zero-order valence-corrected chi connectivity index (χ0v) is 23.5. The summed E-state index contributed by atoms with van der Waals surface area (Å²) >= 11 is 0. The number of carbonyl (C=O) groups excluding carboxylic acids is 3. The van der Waals surface area contributed by atoms with Crippen LogP contribution in [0, 0.1) is 0 Å². The Bertz CT molecular complexity index is 1670. The van der Waals surface area contributed by atoms with Crippen LogP contribution in [0.4, 0.5) is 5.95 Å².